The smallest absolute Gasteiger partial charge is 0.145 e. The summed E-state index contributed by atoms with van der Waals surface area (Å²) in [6, 6.07) is 8.48. The molecule has 3 heteroatoms. The lowest BCUT2D eigenvalue weighted by Crippen LogP contribution is -2.21. The molecule has 0 bridgehead atoms. The van der Waals surface area contributed by atoms with Crippen LogP contribution in [0.2, 0.25) is 0 Å². The minimum atomic E-state index is 0.856. The van der Waals surface area contributed by atoms with E-state index in [1.54, 1.807) is 0 Å². The van der Waals surface area contributed by atoms with Gasteiger partial charge in [-0.3, -0.25) is 9.88 Å². The molecule has 0 atom stereocenters. The van der Waals surface area contributed by atoms with Crippen LogP contribution in [0.1, 0.15) is 30.9 Å². The molecule has 2 heterocycles. The van der Waals surface area contributed by atoms with E-state index >= 15 is 0 Å². The Morgan fingerprint density at radius 2 is 1.81 bits per heavy atom. The fourth-order valence-corrected chi connectivity index (χ4v) is 2.83. The second-order valence-electron chi connectivity index (χ2n) is 5.63. The minimum absolute atomic E-state index is 0.856. The summed E-state index contributed by atoms with van der Waals surface area (Å²) in [5, 5.41) is 2.25. The molecule has 2 aromatic heterocycles. The van der Waals surface area contributed by atoms with E-state index in [0.717, 1.165) is 53.0 Å². The lowest BCUT2D eigenvalue weighted by Gasteiger charge is -2.15. The van der Waals surface area contributed by atoms with Crippen molar-refractivity contribution < 1.29 is 4.42 Å². The molecule has 21 heavy (non-hydrogen) atoms. The molecule has 0 unspecified atom stereocenters. The summed E-state index contributed by atoms with van der Waals surface area (Å²) in [4.78, 5) is 7.06. The summed E-state index contributed by atoms with van der Waals surface area (Å²) in [7, 11) is 0. The van der Waals surface area contributed by atoms with E-state index < -0.39 is 0 Å². The van der Waals surface area contributed by atoms with Crippen LogP contribution in [0.4, 0.5) is 0 Å². The first-order chi connectivity index (χ1) is 10.1. The Hall–Kier alpha value is -1.87. The second-order valence-corrected chi connectivity index (χ2v) is 5.63. The van der Waals surface area contributed by atoms with Gasteiger partial charge >= 0.3 is 0 Å². The van der Waals surface area contributed by atoms with Gasteiger partial charge in [-0.15, -0.1) is 0 Å². The highest BCUT2D eigenvalue weighted by Crippen LogP contribution is 2.30. The third-order valence-corrected chi connectivity index (χ3v) is 4.13. The average molecular weight is 282 g/mol. The van der Waals surface area contributed by atoms with Gasteiger partial charge in [0.1, 0.15) is 11.3 Å². The maximum atomic E-state index is 6.17. The molecule has 0 aliphatic rings. The quantitative estimate of drug-likeness (QED) is 0.708. The Kier molecular flexibility index (Phi) is 3.68. The minimum Gasteiger partial charge on any atom is -0.459 e. The summed E-state index contributed by atoms with van der Waals surface area (Å²) in [5.41, 5.74) is 4.25. The summed E-state index contributed by atoms with van der Waals surface area (Å²) in [5.74, 6) is 1.02. The normalized spacial score (nSPS) is 11.9. The topological polar surface area (TPSA) is 29.3 Å². The van der Waals surface area contributed by atoms with Gasteiger partial charge in [-0.05, 0) is 45.1 Å². The van der Waals surface area contributed by atoms with Gasteiger partial charge in [-0.25, -0.2) is 0 Å². The van der Waals surface area contributed by atoms with Crippen molar-refractivity contribution in [3.63, 3.8) is 0 Å². The van der Waals surface area contributed by atoms with E-state index in [1.807, 2.05) is 0 Å². The fourth-order valence-electron chi connectivity index (χ4n) is 2.83. The summed E-state index contributed by atoms with van der Waals surface area (Å²) in [6.07, 6.45) is 0. The molecule has 0 aliphatic carbocycles. The highest BCUT2D eigenvalue weighted by atomic mass is 16.3. The summed E-state index contributed by atoms with van der Waals surface area (Å²) >= 11 is 0. The van der Waals surface area contributed by atoms with Crippen molar-refractivity contribution in [2.75, 3.05) is 13.1 Å². The van der Waals surface area contributed by atoms with Crippen LogP contribution in [-0.4, -0.2) is 23.0 Å². The van der Waals surface area contributed by atoms with Gasteiger partial charge in [0, 0.05) is 16.5 Å². The van der Waals surface area contributed by atoms with Crippen molar-refractivity contribution in [2.24, 2.45) is 0 Å². The molecule has 0 amide bonds. The van der Waals surface area contributed by atoms with Gasteiger partial charge < -0.3 is 4.42 Å². The molecular formula is C18H22N2O. The largest absolute Gasteiger partial charge is 0.459 e. The zero-order chi connectivity index (χ0) is 15.0. The van der Waals surface area contributed by atoms with Crippen LogP contribution in [0.5, 0.6) is 0 Å². The number of aromatic nitrogens is 1. The van der Waals surface area contributed by atoms with E-state index in [2.05, 4.69) is 56.9 Å². The molecule has 0 spiro atoms. The van der Waals surface area contributed by atoms with E-state index in [1.165, 1.54) is 5.56 Å². The maximum absolute atomic E-state index is 6.17. The number of furan rings is 1. The number of rotatable bonds is 4. The molecule has 0 aliphatic heterocycles. The zero-order valence-corrected chi connectivity index (χ0v) is 13.2. The highest BCUT2D eigenvalue weighted by Gasteiger charge is 2.13. The van der Waals surface area contributed by atoms with Gasteiger partial charge in [0.05, 0.1) is 12.1 Å². The predicted molar refractivity (Wildman–Crippen MR) is 87.6 cm³/mol. The fraction of sp³-hybridized carbons (Fsp3) is 0.389. The van der Waals surface area contributed by atoms with Crippen LogP contribution in [0, 0.1) is 13.8 Å². The van der Waals surface area contributed by atoms with Crippen LogP contribution in [0.15, 0.2) is 28.7 Å². The van der Waals surface area contributed by atoms with Crippen molar-refractivity contribution in [1.29, 1.82) is 0 Å². The number of aryl methyl sites for hydroxylation is 2. The van der Waals surface area contributed by atoms with Crippen LogP contribution in [0.3, 0.4) is 0 Å². The molecule has 0 radical (unpaired) electrons. The standard InChI is InChI=1S/C18H22N2O/c1-5-20(6-2)11-14-10-15-13(4)19-17-8-7-12(3)9-16(17)18(15)21-14/h7-10H,5-6,11H2,1-4H3. The van der Waals surface area contributed by atoms with Crippen molar-refractivity contribution in [3.05, 3.63) is 41.3 Å². The molecule has 3 rings (SSSR count). The number of pyridine rings is 1. The average Bonchev–Trinajstić information content (AvgIpc) is 2.90. The van der Waals surface area contributed by atoms with Gasteiger partial charge in [0.25, 0.3) is 0 Å². The monoisotopic (exact) mass is 282 g/mol. The Balaban J connectivity index is 2.17. The first kappa shape index (κ1) is 14.1. The molecule has 0 saturated heterocycles. The lowest BCUT2D eigenvalue weighted by molar-refractivity contribution is 0.272. The van der Waals surface area contributed by atoms with E-state index in [-0.39, 0.29) is 0 Å². The van der Waals surface area contributed by atoms with Gasteiger partial charge in [-0.1, -0.05) is 25.5 Å². The van der Waals surface area contributed by atoms with Crippen LogP contribution >= 0.6 is 0 Å². The third kappa shape index (κ3) is 2.54. The first-order valence-electron chi connectivity index (χ1n) is 7.64. The molecule has 3 nitrogen and oxygen atoms in total. The van der Waals surface area contributed by atoms with Crippen molar-refractivity contribution in [1.82, 2.24) is 9.88 Å². The Morgan fingerprint density at radius 1 is 1.05 bits per heavy atom. The molecule has 1 aromatic carbocycles. The summed E-state index contributed by atoms with van der Waals surface area (Å²) in [6.45, 7) is 11.4. The Labute approximate surface area is 125 Å². The van der Waals surface area contributed by atoms with Crippen LogP contribution in [-0.2, 0) is 6.54 Å². The third-order valence-electron chi connectivity index (χ3n) is 4.13. The molecular weight excluding hydrogens is 260 g/mol. The lowest BCUT2D eigenvalue weighted by atomic mass is 10.1. The SMILES string of the molecule is CCN(CC)Cc1cc2c(C)nc3ccc(C)cc3c2o1. The number of benzene rings is 1. The Bertz CT molecular complexity index is 785. The van der Waals surface area contributed by atoms with E-state index in [4.69, 9.17) is 9.40 Å². The van der Waals surface area contributed by atoms with Crippen molar-refractivity contribution in [2.45, 2.75) is 34.2 Å². The molecule has 110 valence electrons. The van der Waals surface area contributed by atoms with Gasteiger partial charge in [0.15, 0.2) is 0 Å². The second kappa shape index (κ2) is 5.49. The number of fused-ring (bicyclic) bond motifs is 3. The zero-order valence-electron chi connectivity index (χ0n) is 13.2. The van der Waals surface area contributed by atoms with E-state index in [0.29, 0.717) is 0 Å². The number of nitrogens with zero attached hydrogens (tertiary/aromatic N) is 2. The molecule has 0 fully saturated rings. The highest BCUT2D eigenvalue weighted by molar-refractivity contribution is 6.03. The van der Waals surface area contributed by atoms with Crippen LogP contribution in [0.25, 0.3) is 21.9 Å². The van der Waals surface area contributed by atoms with E-state index in [9.17, 15) is 0 Å². The molecule has 0 N–H and O–H groups in total. The summed E-state index contributed by atoms with van der Waals surface area (Å²) < 4.78 is 6.17. The number of hydrogen-bond donors (Lipinski definition) is 0. The predicted octanol–water partition coefficient (Wildman–Crippen LogP) is 4.44. The Morgan fingerprint density at radius 3 is 2.52 bits per heavy atom. The van der Waals surface area contributed by atoms with Gasteiger partial charge in [-0.2, -0.15) is 0 Å². The van der Waals surface area contributed by atoms with Crippen molar-refractivity contribution >= 4 is 21.9 Å². The van der Waals surface area contributed by atoms with Crippen LogP contribution < -0.4 is 0 Å². The first-order valence-corrected chi connectivity index (χ1v) is 7.64. The maximum Gasteiger partial charge on any atom is 0.145 e. The number of hydrogen-bond acceptors (Lipinski definition) is 3. The van der Waals surface area contributed by atoms with Crippen molar-refractivity contribution in [3.8, 4) is 0 Å². The molecule has 3 aromatic rings. The molecule has 0 saturated carbocycles. The van der Waals surface area contributed by atoms with Gasteiger partial charge in [0.2, 0.25) is 0 Å².